The molecule has 2 aliphatic heterocycles. The fraction of sp³-hybridized carbons (Fsp3) is 0.524. The number of nitrogens with zero attached hydrogens (tertiary/aromatic N) is 4. The molecule has 0 bridgehead atoms. The molecule has 0 N–H and O–H groups in total. The van der Waals surface area contributed by atoms with Crippen LogP contribution in [0.15, 0.2) is 10.9 Å². The van der Waals surface area contributed by atoms with Crippen molar-refractivity contribution in [3.05, 3.63) is 33.6 Å². The Labute approximate surface area is 173 Å². The molecule has 2 aliphatic rings. The lowest BCUT2D eigenvalue weighted by atomic mass is 9.92. The number of rotatable bonds is 1. The average molecular weight is 420 g/mol. The first-order chi connectivity index (χ1) is 14.1. The number of pyridine rings is 1. The van der Waals surface area contributed by atoms with Gasteiger partial charge in [0.1, 0.15) is 17.5 Å². The van der Waals surface area contributed by atoms with Gasteiger partial charge in [0.05, 0.1) is 24.4 Å². The minimum Gasteiger partial charge on any atom is -0.467 e. The van der Waals surface area contributed by atoms with E-state index in [0.717, 1.165) is 0 Å². The van der Waals surface area contributed by atoms with E-state index in [1.807, 2.05) is 18.9 Å². The first kappa shape index (κ1) is 20.6. The number of carbonyl (C=O) groups is 1. The number of ether oxygens (including phenoxy) is 1. The molecular formula is C21H26F2N4O3. The minimum atomic E-state index is -0.746. The van der Waals surface area contributed by atoms with Crippen molar-refractivity contribution in [2.45, 2.75) is 32.0 Å². The van der Waals surface area contributed by atoms with E-state index in [-0.39, 0.29) is 28.9 Å². The highest BCUT2D eigenvalue weighted by Crippen LogP contribution is 2.43. The van der Waals surface area contributed by atoms with E-state index in [1.165, 1.54) is 31.7 Å². The molecule has 0 saturated carbocycles. The van der Waals surface area contributed by atoms with E-state index in [0.29, 0.717) is 24.2 Å². The quantitative estimate of drug-likeness (QED) is 0.654. The lowest BCUT2D eigenvalue weighted by Crippen LogP contribution is -2.68. The largest absolute Gasteiger partial charge is 0.467 e. The third-order valence-corrected chi connectivity index (χ3v) is 6.70. The van der Waals surface area contributed by atoms with E-state index in [4.69, 9.17) is 4.74 Å². The van der Waals surface area contributed by atoms with Crippen LogP contribution in [0.2, 0.25) is 0 Å². The summed E-state index contributed by atoms with van der Waals surface area (Å²) in [6.07, 6.45) is 0. The van der Waals surface area contributed by atoms with Crippen molar-refractivity contribution >= 4 is 28.2 Å². The summed E-state index contributed by atoms with van der Waals surface area (Å²) < 4.78 is 35.9. The van der Waals surface area contributed by atoms with Crippen molar-refractivity contribution in [3.63, 3.8) is 0 Å². The maximum absolute atomic E-state index is 15.1. The fourth-order valence-electron chi connectivity index (χ4n) is 4.80. The summed E-state index contributed by atoms with van der Waals surface area (Å²) in [5.74, 6) is -1.87. The Morgan fingerprint density at radius 1 is 1.17 bits per heavy atom. The lowest BCUT2D eigenvalue weighted by Gasteiger charge is -2.53. The molecule has 9 heteroatoms. The average Bonchev–Trinajstić information content (AvgIpc) is 2.70. The van der Waals surface area contributed by atoms with Gasteiger partial charge in [0.2, 0.25) is 0 Å². The van der Waals surface area contributed by atoms with Crippen LogP contribution in [0, 0.1) is 18.6 Å². The summed E-state index contributed by atoms with van der Waals surface area (Å²) in [5, 5.41) is 0.324. The molecule has 0 spiro atoms. The van der Waals surface area contributed by atoms with Gasteiger partial charge in [0.25, 0.3) is 5.56 Å². The summed E-state index contributed by atoms with van der Waals surface area (Å²) in [5.41, 5.74) is 0.212. The molecule has 162 valence electrons. The normalized spacial score (nSPS) is 24.1. The molecule has 3 heterocycles. The monoisotopic (exact) mass is 420 g/mol. The number of halogens is 2. The Bertz CT molecular complexity index is 1120. The molecular weight excluding hydrogens is 394 g/mol. The van der Waals surface area contributed by atoms with Gasteiger partial charge in [-0.3, -0.25) is 9.69 Å². The number of esters is 1. The van der Waals surface area contributed by atoms with Crippen molar-refractivity contribution < 1.29 is 18.3 Å². The van der Waals surface area contributed by atoms with E-state index >= 15 is 4.39 Å². The second-order valence-corrected chi connectivity index (χ2v) is 8.34. The highest BCUT2D eigenvalue weighted by molar-refractivity contribution is 6.02. The number of methoxy groups -OCH3 is 1. The van der Waals surface area contributed by atoms with Crippen LogP contribution in [-0.4, -0.2) is 67.9 Å². The second-order valence-electron chi connectivity index (χ2n) is 8.34. The van der Waals surface area contributed by atoms with Gasteiger partial charge in [-0.05, 0) is 27.0 Å². The number of benzene rings is 1. The van der Waals surface area contributed by atoms with Crippen LogP contribution in [0.1, 0.15) is 12.5 Å². The Kier molecular flexibility index (Phi) is 4.76. The van der Waals surface area contributed by atoms with Crippen LogP contribution in [0.4, 0.5) is 20.2 Å². The van der Waals surface area contributed by atoms with Crippen LogP contribution < -0.4 is 15.4 Å². The number of fused-ring (bicyclic) bond motifs is 5. The highest BCUT2D eigenvalue weighted by atomic mass is 19.1. The maximum Gasteiger partial charge on any atom is 0.330 e. The van der Waals surface area contributed by atoms with E-state index in [9.17, 15) is 14.0 Å². The van der Waals surface area contributed by atoms with Crippen LogP contribution in [0.25, 0.3) is 10.9 Å². The molecule has 30 heavy (non-hydrogen) atoms. The second kappa shape index (κ2) is 6.94. The van der Waals surface area contributed by atoms with Gasteiger partial charge in [-0.15, -0.1) is 0 Å². The first-order valence-corrected chi connectivity index (χ1v) is 9.88. The molecule has 0 amide bonds. The molecule has 2 aromatic rings. The number of carbonyl (C=O) groups excluding carboxylic acids is 1. The number of likely N-dealkylation sites (N-methyl/N-ethyl adjacent to an activating group) is 2. The van der Waals surface area contributed by atoms with Gasteiger partial charge in [0, 0.05) is 44.2 Å². The summed E-state index contributed by atoms with van der Waals surface area (Å²) in [6, 6.07) is 0.356. The predicted molar refractivity (Wildman–Crippen MR) is 111 cm³/mol. The van der Waals surface area contributed by atoms with Crippen molar-refractivity contribution in [1.82, 2.24) is 9.47 Å². The maximum atomic E-state index is 15.1. The Morgan fingerprint density at radius 3 is 2.47 bits per heavy atom. The van der Waals surface area contributed by atoms with Crippen molar-refractivity contribution in [3.8, 4) is 0 Å². The Hall–Kier alpha value is -2.68. The first-order valence-electron chi connectivity index (χ1n) is 9.88. The zero-order chi connectivity index (χ0) is 22.1. The van der Waals surface area contributed by atoms with Crippen LogP contribution in [-0.2, 0) is 16.6 Å². The Balaban J connectivity index is 2.12. The molecule has 3 atom stereocenters. The van der Waals surface area contributed by atoms with Crippen LogP contribution in [0.3, 0.4) is 0 Å². The summed E-state index contributed by atoms with van der Waals surface area (Å²) in [7, 11) is 6.41. The molecule has 0 radical (unpaired) electrons. The summed E-state index contributed by atoms with van der Waals surface area (Å²) in [6.45, 7) is 4.44. The molecule has 1 fully saturated rings. The molecule has 1 aromatic heterocycles. The van der Waals surface area contributed by atoms with Gasteiger partial charge in [0.15, 0.2) is 5.82 Å². The van der Waals surface area contributed by atoms with Crippen LogP contribution in [0.5, 0.6) is 0 Å². The molecule has 0 aliphatic carbocycles. The molecule has 1 aromatic carbocycles. The zero-order valence-electron chi connectivity index (χ0n) is 18.0. The van der Waals surface area contributed by atoms with Gasteiger partial charge in [-0.2, -0.15) is 0 Å². The molecule has 7 nitrogen and oxygen atoms in total. The highest BCUT2D eigenvalue weighted by Gasteiger charge is 2.48. The third-order valence-electron chi connectivity index (χ3n) is 6.70. The third kappa shape index (κ3) is 2.64. The van der Waals surface area contributed by atoms with Gasteiger partial charge in [-0.1, -0.05) is 0 Å². The van der Waals surface area contributed by atoms with Gasteiger partial charge >= 0.3 is 5.97 Å². The number of aromatic nitrogens is 1. The van der Waals surface area contributed by atoms with Gasteiger partial charge in [-0.25, -0.2) is 13.6 Å². The van der Waals surface area contributed by atoms with Crippen molar-refractivity contribution in [2.75, 3.05) is 44.1 Å². The lowest BCUT2D eigenvalue weighted by molar-refractivity contribution is -0.143. The van der Waals surface area contributed by atoms with Crippen molar-refractivity contribution in [1.29, 1.82) is 0 Å². The molecule has 1 saturated heterocycles. The van der Waals surface area contributed by atoms with Gasteiger partial charge < -0.3 is 19.1 Å². The van der Waals surface area contributed by atoms with E-state index in [1.54, 1.807) is 11.9 Å². The number of hydrogen-bond acceptors (Lipinski definition) is 6. The minimum absolute atomic E-state index is 0.0629. The number of aryl methyl sites for hydroxylation is 1. The zero-order valence-corrected chi connectivity index (χ0v) is 18.0. The van der Waals surface area contributed by atoms with Crippen molar-refractivity contribution in [2.24, 2.45) is 7.05 Å². The number of hydrogen-bond donors (Lipinski definition) is 0. The van der Waals surface area contributed by atoms with Crippen LogP contribution >= 0.6 is 0 Å². The predicted octanol–water partition coefficient (Wildman–Crippen LogP) is 1.63. The van der Waals surface area contributed by atoms with E-state index in [2.05, 4.69) is 4.90 Å². The topological polar surface area (TPSA) is 58.0 Å². The fourth-order valence-corrected chi connectivity index (χ4v) is 4.80. The molecule has 4 rings (SSSR count). The standard InChI is InChI=1S/C21H26F2N4O3/c1-10-8-27-14(9-24(10)3)18(21(29)30-6)25(4)19-17(27)12-7-13(22)11(2)15(23)16(12)26(5)20(19)28/h7,10,14,18H,8-9H2,1-6H3. The summed E-state index contributed by atoms with van der Waals surface area (Å²) in [4.78, 5) is 31.7. The Morgan fingerprint density at radius 2 is 1.83 bits per heavy atom. The number of piperazine rings is 1. The summed E-state index contributed by atoms with van der Waals surface area (Å²) >= 11 is 0. The SMILES string of the molecule is COC(=O)C1C2CN(C)C(C)CN2c2c(c(=O)n(C)c3c(F)c(C)c(F)cc23)N1C. The van der Waals surface area contributed by atoms with E-state index < -0.39 is 29.2 Å². The number of anilines is 2. The smallest absolute Gasteiger partial charge is 0.330 e. The molecule has 3 unspecified atom stereocenters.